The molecule has 0 aliphatic rings. The van der Waals surface area contributed by atoms with Gasteiger partial charge in [-0.25, -0.2) is 4.68 Å². The fraction of sp³-hybridized carbons (Fsp3) is 0.0526. The molecule has 1 aromatic heterocycles. The van der Waals surface area contributed by atoms with Crippen molar-refractivity contribution < 1.29 is 4.79 Å². The first-order chi connectivity index (χ1) is 11.7. The Morgan fingerprint density at radius 2 is 1.96 bits per heavy atom. The molecule has 0 spiro atoms. The molecular weight excluding hydrogens is 366 g/mol. The van der Waals surface area contributed by atoms with Crippen molar-refractivity contribution in [2.75, 3.05) is 5.32 Å². The van der Waals surface area contributed by atoms with Gasteiger partial charge in [0.15, 0.2) is 0 Å². The number of benzene rings is 2. The van der Waals surface area contributed by atoms with Gasteiger partial charge in [0.25, 0.3) is 0 Å². The molecule has 0 aliphatic carbocycles. The molecule has 0 bridgehead atoms. The van der Waals surface area contributed by atoms with Gasteiger partial charge in [0.1, 0.15) is 5.82 Å². The summed E-state index contributed by atoms with van der Waals surface area (Å²) in [6.07, 6.45) is 4.97. The van der Waals surface area contributed by atoms with Crippen LogP contribution in [0.4, 0.5) is 5.82 Å². The van der Waals surface area contributed by atoms with Crippen molar-refractivity contribution in [1.29, 1.82) is 0 Å². The Morgan fingerprint density at radius 3 is 2.75 bits per heavy atom. The lowest BCUT2D eigenvalue weighted by molar-refractivity contribution is -0.111. The second kappa shape index (κ2) is 7.75. The third-order valence-electron chi connectivity index (χ3n) is 3.42. The average Bonchev–Trinajstić information content (AvgIpc) is 3.01. The minimum atomic E-state index is -0.190. The van der Waals surface area contributed by atoms with Crippen molar-refractivity contribution in [3.8, 4) is 0 Å². The summed E-state index contributed by atoms with van der Waals surface area (Å²) in [4.78, 5) is 12.1. The van der Waals surface area contributed by atoms with Gasteiger partial charge in [-0.1, -0.05) is 58.4 Å². The molecule has 0 atom stereocenters. The second-order valence-corrected chi connectivity index (χ2v) is 6.15. The van der Waals surface area contributed by atoms with E-state index in [1.54, 1.807) is 23.0 Å². The summed E-state index contributed by atoms with van der Waals surface area (Å²) in [5.74, 6) is 0.479. The molecule has 0 radical (unpaired) electrons. The first-order valence-electron chi connectivity index (χ1n) is 7.51. The maximum Gasteiger partial charge on any atom is 0.249 e. The average molecular weight is 382 g/mol. The van der Waals surface area contributed by atoms with Crippen LogP contribution in [0.3, 0.4) is 0 Å². The van der Waals surface area contributed by atoms with Gasteiger partial charge in [-0.05, 0) is 29.3 Å². The number of nitrogens with zero attached hydrogens (tertiary/aromatic N) is 2. The third kappa shape index (κ3) is 4.43. The molecule has 0 saturated heterocycles. The zero-order valence-electron chi connectivity index (χ0n) is 12.9. The number of aromatic nitrogens is 2. The van der Waals surface area contributed by atoms with Gasteiger partial charge in [0, 0.05) is 16.6 Å². The number of halogens is 1. The Hall–Kier alpha value is -2.66. The van der Waals surface area contributed by atoms with E-state index in [0.717, 1.165) is 15.6 Å². The number of anilines is 1. The van der Waals surface area contributed by atoms with Crippen LogP contribution >= 0.6 is 15.9 Å². The molecule has 3 rings (SSSR count). The van der Waals surface area contributed by atoms with Crippen LogP contribution in [0.1, 0.15) is 11.1 Å². The van der Waals surface area contributed by atoms with Crippen molar-refractivity contribution in [1.82, 2.24) is 9.78 Å². The first-order valence-corrected chi connectivity index (χ1v) is 8.30. The van der Waals surface area contributed by atoms with Crippen LogP contribution < -0.4 is 5.32 Å². The second-order valence-electron chi connectivity index (χ2n) is 5.24. The molecular formula is C19H16BrN3O. The van der Waals surface area contributed by atoms with Crippen LogP contribution in [0.15, 0.2) is 77.4 Å². The van der Waals surface area contributed by atoms with Gasteiger partial charge in [-0.2, -0.15) is 5.10 Å². The summed E-state index contributed by atoms with van der Waals surface area (Å²) in [7, 11) is 0. The van der Waals surface area contributed by atoms with E-state index in [1.807, 2.05) is 54.6 Å². The summed E-state index contributed by atoms with van der Waals surface area (Å²) < 4.78 is 2.74. The maximum absolute atomic E-state index is 12.1. The van der Waals surface area contributed by atoms with Crippen molar-refractivity contribution in [3.63, 3.8) is 0 Å². The Bertz CT molecular complexity index is 856. The van der Waals surface area contributed by atoms with E-state index < -0.39 is 0 Å². The minimum absolute atomic E-state index is 0.190. The van der Waals surface area contributed by atoms with Crippen LogP contribution in [0.25, 0.3) is 6.08 Å². The van der Waals surface area contributed by atoms with Gasteiger partial charge in [0.2, 0.25) is 5.91 Å². The number of carbonyl (C=O) groups is 1. The fourth-order valence-corrected chi connectivity index (χ4v) is 2.69. The molecule has 0 aliphatic heterocycles. The molecule has 4 nitrogen and oxygen atoms in total. The largest absolute Gasteiger partial charge is 0.307 e. The normalized spacial score (nSPS) is 10.9. The number of hydrogen-bond donors (Lipinski definition) is 1. The van der Waals surface area contributed by atoms with E-state index in [9.17, 15) is 4.79 Å². The molecule has 120 valence electrons. The smallest absolute Gasteiger partial charge is 0.249 e. The lowest BCUT2D eigenvalue weighted by Crippen LogP contribution is -2.13. The summed E-state index contributed by atoms with van der Waals surface area (Å²) in [6, 6.07) is 19.5. The van der Waals surface area contributed by atoms with E-state index in [-0.39, 0.29) is 5.91 Å². The SMILES string of the molecule is O=C(C=Cc1cccc(Br)c1)Nc1ccnn1Cc1ccccc1. The lowest BCUT2D eigenvalue weighted by atomic mass is 10.2. The number of carbonyl (C=O) groups excluding carboxylic acids is 1. The molecule has 3 aromatic rings. The van der Waals surface area contributed by atoms with Crippen molar-refractivity contribution >= 4 is 33.7 Å². The molecule has 1 amide bonds. The van der Waals surface area contributed by atoms with Gasteiger partial charge in [0.05, 0.1) is 12.7 Å². The van der Waals surface area contributed by atoms with Crippen LogP contribution in [0, 0.1) is 0 Å². The lowest BCUT2D eigenvalue weighted by Gasteiger charge is -2.07. The number of nitrogens with one attached hydrogen (secondary N) is 1. The topological polar surface area (TPSA) is 46.9 Å². The van der Waals surface area contributed by atoms with E-state index in [4.69, 9.17) is 0 Å². The van der Waals surface area contributed by atoms with E-state index in [0.29, 0.717) is 12.4 Å². The van der Waals surface area contributed by atoms with E-state index in [2.05, 4.69) is 26.3 Å². The third-order valence-corrected chi connectivity index (χ3v) is 3.91. The zero-order valence-corrected chi connectivity index (χ0v) is 14.5. The predicted molar refractivity (Wildman–Crippen MR) is 99.6 cm³/mol. The highest BCUT2D eigenvalue weighted by Crippen LogP contribution is 2.13. The van der Waals surface area contributed by atoms with Gasteiger partial charge in [-0.15, -0.1) is 0 Å². The maximum atomic E-state index is 12.1. The van der Waals surface area contributed by atoms with E-state index in [1.165, 1.54) is 6.08 Å². The molecule has 1 heterocycles. The Morgan fingerprint density at radius 1 is 1.12 bits per heavy atom. The zero-order chi connectivity index (χ0) is 16.8. The molecule has 1 N–H and O–H groups in total. The highest BCUT2D eigenvalue weighted by atomic mass is 79.9. The van der Waals surface area contributed by atoms with Crippen LogP contribution in [0.2, 0.25) is 0 Å². The number of amides is 1. The number of hydrogen-bond acceptors (Lipinski definition) is 2. The van der Waals surface area contributed by atoms with Crippen molar-refractivity contribution in [3.05, 3.63) is 88.5 Å². The van der Waals surface area contributed by atoms with E-state index >= 15 is 0 Å². The van der Waals surface area contributed by atoms with Gasteiger partial charge in [-0.3, -0.25) is 4.79 Å². The van der Waals surface area contributed by atoms with Crippen LogP contribution in [-0.4, -0.2) is 15.7 Å². The molecule has 0 saturated carbocycles. The summed E-state index contributed by atoms with van der Waals surface area (Å²) in [6.45, 7) is 0.610. The van der Waals surface area contributed by atoms with Crippen LogP contribution in [-0.2, 0) is 11.3 Å². The van der Waals surface area contributed by atoms with Gasteiger partial charge >= 0.3 is 0 Å². The Labute approximate surface area is 149 Å². The molecule has 24 heavy (non-hydrogen) atoms. The number of rotatable bonds is 5. The Kier molecular flexibility index (Phi) is 5.23. The van der Waals surface area contributed by atoms with Crippen molar-refractivity contribution in [2.24, 2.45) is 0 Å². The highest BCUT2D eigenvalue weighted by Gasteiger charge is 2.05. The predicted octanol–water partition coefficient (Wildman–Crippen LogP) is 4.35. The summed E-state index contributed by atoms with van der Waals surface area (Å²) in [5, 5.41) is 7.12. The molecule has 5 heteroatoms. The minimum Gasteiger partial charge on any atom is -0.307 e. The quantitative estimate of drug-likeness (QED) is 0.667. The molecule has 0 unspecified atom stereocenters. The summed E-state index contributed by atoms with van der Waals surface area (Å²) >= 11 is 3.41. The Balaban J connectivity index is 1.66. The standard InChI is InChI=1S/C19H16BrN3O/c20-17-8-4-7-15(13-17)9-10-19(24)22-18-11-12-21-23(18)14-16-5-2-1-3-6-16/h1-13H,14H2,(H,22,24). The first kappa shape index (κ1) is 16.2. The summed E-state index contributed by atoms with van der Waals surface area (Å²) in [5.41, 5.74) is 2.08. The van der Waals surface area contributed by atoms with Gasteiger partial charge < -0.3 is 5.32 Å². The van der Waals surface area contributed by atoms with Crippen molar-refractivity contribution in [2.45, 2.75) is 6.54 Å². The fourth-order valence-electron chi connectivity index (χ4n) is 2.27. The molecule has 2 aromatic carbocycles. The highest BCUT2D eigenvalue weighted by molar-refractivity contribution is 9.10. The van der Waals surface area contributed by atoms with Crippen LogP contribution in [0.5, 0.6) is 0 Å². The monoisotopic (exact) mass is 381 g/mol. The molecule has 0 fully saturated rings.